The van der Waals surface area contributed by atoms with Gasteiger partial charge in [0.1, 0.15) is 5.82 Å². The molecule has 8 heteroatoms. The van der Waals surface area contributed by atoms with Crippen LogP contribution < -0.4 is 16.6 Å². The van der Waals surface area contributed by atoms with Crippen LogP contribution in [0.15, 0.2) is 33.5 Å². The van der Waals surface area contributed by atoms with Crippen molar-refractivity contribution in [3.63, 3.8) is 0 Å². The second kappa shape index (κ2) is 4.95. The first kappa shape index (κ1) is 14.3. The van der Waals surface area contributed by atoms with E-state index in [1.54, 1.807) is 12.1 Å². The number of nitrogens with zero attached hydrogens (tertiary/aromatic N) is 1. The molecule has 0 saturated carbocycles. The second-order valence-electron chi connectivity index (χ2n) is 4.35. The van der Waals surface area contributed by atoms with Crippen LogP contribution in [0.5, 0.6) is 0 Å². The number of nitrogens with one attached hydrogen (secondary N) is 1. The molecule has 0 atom stereocenters. The summed E-state index contributed by atoms with van der Waals surface area (Å²) < 4.78 is 2.78. The minimum absolute atomic E-state index is 0.0144. The molecule has 0 fully saturated rings. The minimum atomic E-state index is -0.604. The highest BCUT2D eigenvalue weighted by Crippen LogP contribution is 2.29. The molecule has 0 saturated heterocycles. The molecule has 1 aliphatic rings. The highest BCUT2D eigenvalue weighted by Gasteiger charge is 2.32. The van der Waals surface area contributed by atoms with Crippen molar-refractivity contribution < 1.29 is 9.59 Å². The number of pyridine rings is 1. The lowest BCUT2D eigenvalue weighted by molar-refractivity contribution is 0.0880. The van der Waals surface area contributed by atoms with Crippen LogP contribution in [-0.2, 0) is 0 Å². The fourth-order valence-corrected chi connectivity index (χ4v) is 3.12. The normalized spacial score (nSPS) is 13.2. The molecule has 0 unspecified atom stereocenters. The highest BCUT2D eigenvalue weighted by molar-refractivity contribution is 14.1. The Hall–Kier alpha value is -1.68. The maximum Gasteiger partial charge on any atom is 0.262 e. The number of anilines is 1. The highest BCUT2D eigenvalue weighted by atomic mass is 127. The number of carbonyl (C=O) groups is 2. The Morgan fingerprint density at radius 1 is 1.19 bits per heavy atom. The van der Waals surface area contributed by atoms with Crippen LogP contribution in [0.3, 0.4) is 0 Å². The molecule has 0 spiro atoms. The van der Waals surface area contributed by atoms with Gasteiger partial charge in [-0.15, -0.1) is 0 Å². The van der Waals surface area contributed by atoms with Crippen molar-refractivity contribution in [3.05, 3.63) is 53.8 Å². The van der Waals surface area contributed by atoms with E-state index in [0.717, 1.165) is 9.64 Å². The van der Waals surface area contributed by atoms with Gasteiger partial charge in [0.05, 0.1) is 21.3 Å². The first-order valence-corrected chi connectivity index (χ1v) is 7.64. The van der Waals surface area contributed by atoms with Crippen molar-refractivity contribution in [2.24, 2.45) is 0 Å². The number of nitrogen functional groups attached to an aromatic ring is 1. The van der Waals surface area contributed by atoms with Crippen LogP contribution in [-0.4, -0.2) is 16.4 Å². The Kier molecular flexibility index (Phi) is 3.36. The number of halogens is 2. The quantitative estimate of drug-likeness (QED) is 0.501. The smallest absolute Gasteiger partial charge is 0.262 e. The van der Waals surface area contributed by atoms with Gasteiger partial charge in [-0.05, 0) is 50.7 Å². The number of hydrogen-bond acceptors (Lipinski definition) is 4. The molecule has 21 heavy (non-hydrogen) atoms. The van der Waals surface area contributed by atoms with Crippen molar-refractivity contribution in [2.45, 2.75) is 0 Å². The van der Waals surface area contributed by atoms with E-state index in [0.29, 0.717) is 10.2 Å². The Bertz CT molecular complexity index is 876. The van der Waals surface area contributed by atoms with Crippen molar-refractivity contribution in [2.75, 3.05) is 5.73 Å². The number of amides is 2. The van der Waals surface area contributed by atoms with Crippen LogP contribution >= 0.6 is 38.5 Å². The number of rotatable bonds is 1. The topological polar surface area (TPSA) is 94.2 Å². The van der Waals surface area contributed by atoms with Gasteiger partial charge in [0.15, 0.2) is 0 Å². The SMILES string of the molecule is Nc1c2c(cc(=O)n1-c1cccc(I)c1Br)C(=O)NC2=O. The monoisotopic (exact) mass is 459 g/mol. The average Bonchev–Trinajstić information content (AvgIpc) is 2.69. The number of aromatic nitrogens is 1. The van der Waals surface area contributed by atoms with Gasteiger partial charge in [-0.2, -0.15) is 0 Å². The number of carbonyl (C=O) groups excluding carboxylic acids is 2. The lowest BCUT2D eigenvalue weighted by atomic mass is 10.1. The summed E-state index contributed by atoms with van der Waals surface area (Å²) in [7, 11) is 0. The number of hydrogen-bond donors (Lipinski definition) is 2. The maximum absolute atomic E-state index is 12.3. The van der Waals surface area contributed by atoms with Gasteiger partial charge in [-0.25, -0.2) is 0 Å². The summed E-state index contributed by atoms with van der Waals surface area (Å²) in [6.07, 6.45) is 0. The van der Waals surface area contributed by atoms with E-state index in [2.05, 4.69) is 43.8 Å². The van der Waals surface area contributed by atoms with Crippen molar-refractivity contribution in [1.29, 1.82) is 0 Å². The van der Waals surface area contributed by atoms with Gasteiger partial charge >= 0.3 is 0 Å². The van der Waals surface area contributed by atoms with Gasteiger partial charge in [0, 0.05) is 9.64 Å². The zero-order valence-electron chi connectivity index (χ0n) is 10.3. The Labute approximate surface area is 140 Å². The zero-order valence-corrected chi connectivity index (χ0v) is 14.1. The molecule has 0 aliphatic carbocycles. The molecular weight excluding hydrogens is 453 g/mol. The minimum Gasteiger partial charge on any atom is -0.384 e. The lowest BCUT2D eigenvalue weighted by Crippen LogP contribution is -2.24. The Morgan fingerprint density at radius 2 is 1.90 bits per heavy atom. The second-order valence-corrected chi connectivity index (χ2v) is 6.30. The number of fused-ring (bicyclic) bond motifs is 1. The predicted molar refractivity (Wildman–Crippen MR) is 88.7 cm³/mol. The Balaban J connectivity index is 2.39. The van der Waals surface area contributed by atoms with Gasteiger partial charge in [-0.1, -0.05) is 6.07 Å². The van der Waals surface area contributed by atoms with E-state index in [-0.39, 0.29) is 16.9 Å². The fourth-order valence-electron chi connectivity index (χ4n) is 2.19. The molecule has 1 aromatic carbocycles. The first-order valence-electron chi connectivity index (χ1n) is 5.77. The summed E-state index contributed by atoms with van der Waals surface area (Å²) in [5.41, 5.74) is 6.05. The largest absolute Gasteiger partial charge is 0.384 e. The molecule has 106 valence electrons. The van der Waals surface area contributed by atoms with Crippen molar-refractivity contribution in [3.8, 4) is 5.69 Å². The van der Waals surface area contributed by atoms with Crippen LogP contribution in [0.2, 0.25) is 0 Å². The summed E-state index contributed by atoms with van der Waals surface area (Å²) in [6.45, 7) is 0. The maximum atomic E-state index is 12.3. The average molecular weight is 460 g/mol. The molecule has 3 rings (SSSR count). The predicted octanol–water partition coefficient (Wildman–Crippen LogP) is 1.67. The van der Waals surface area contributed by atoms with E-state index < -0.39 is 17.4 Å². The molecule has 1 aliphatic heterocycles. The van der Waals surface area contributed by atoms with Crippen LogP contribution in [0.25, 0.3) is 5.69 Å². The van der Waals surface area contributed by atoms with E-state index in [9.17, 15) is 14.4 Å². The zero-order chi connectivity index (χ0) is 15.3. The third-order valence-corrected chi connectivity index (χ3v) is 5.60. The number of nitrogens with two attached hydrogens (primary N) is 1. The third kappa shape index (κ3) is 2.09. The molecule has 3 N–H and O–H groups in total. The van der Waals surface area contributed by atoms with Crippen molar-refractivity contribution in [1.82, 2.24) is 9.88 Å². The molecule has 6 nitrogen and oxygen atoms in total. The third-order valence-electron chi connectivity index (χ3n) is 3.13. The molecule has 2 heterocycles. The van der Waals surface area contributed by atoms with E-state index in [1.807, 2.05) is 6.07 Å². The lowest BCUT2D eigenvalue weighted by Gasteiger charge is -2.14. The first-order chi connectivity index (χ1) is 9.91. The standard InChI is InChI=1S/C13H7BrIN3O3/c14-10-6(15)2-1-3-7(10)18-8(19)4-5-9(11(18)16)13(21)17-12(5)20/h1-4H,16H2,(H,17,20,21). The van der Waals surface area contributed by atoms with Crippen LogP contribution in [0.4, 0.5) is 5.82 Å². The molecule has 0 bridgehead atoms. The van der Waals surface area contributed by atoms with Gasteiger partial charge in [0.2, 0.25) is 0 Å². The van der Waals surface area contributed by atoms with E-state index in [1.165, 1.54) is 4.57 Å². The molecular formula is C13H7BrIN3O3. The van der Waals surface area contributed by atoms with Crippen LogP contribution in [0.1, 0.15) is 20.7 Å². The summed E-state index contributed by atoms with van der Waals surface area (Å²) in [5.74, 6) is -1.25. The van der Waals surface area contributed by atoms with Gasteiger partial charge in [-0.3, -0.25) is 24.3 Å². The number of benzene rings is 1. The van der Waals surface area contributed by atoms with Crippen LogP contribution in [0, 0.1) is 3.57 Å². The Morgan fingerprint density at radius 3 is 2.62 bits per heavy atom. The van der Waals surface area contributed by atoms with Crippen molar-refractivity contribution >= 4 is 56.2 Å². The summed E-state index contributed by atoms with van der Waals surface area (Å²) in [4.78, 5) is 35.7. The summed E-state index contributed by atoms with van der Waals surface area (Å²) >= 11 is 5.51. The molecule has 2 amide bonds. The summed E-state index contributed by atoms with van der Waals surface area (Å²) in [6, 6.07) is 6.45. The van der Waals surface area contributed by atoms with E-state index >= 15 is 0 Å². The van der Waals surface area contributed by atoms with Gasteiger partial charge < -0.3 is 5.73 Å². The molecule has 2 aromatic rings. The van der Waals surface area contributed by atoms with Gasteiger partial charge in [0.25, 0.3) is 17.4 Å². The molecule has 0 radical (unpaired) electrons. The number of imide groups is 1. The van der Waals surface area contributed by atoms with E-state index in [4.69, 9.17) is 5.73 Å². The summed E-state index contributed by atoms with van der Waals surface area (Å²) in [5, 5.41) is 2.13. The fraction of sp³-hybridized carbons (Fsp3) is 0. The molecule has 1 aromatic heterocycles.